The smallest absolute Gasteiger partial charge is 0.0636 e. The van der Waals surface area contributed by atoms with Crippen LogP contribution in [0.2, 0.25) is 0 Å². The van der Waals surface area contributed by atoms with Crippen molar-refractivity contribution < 1.29 is 0 Å². The second-order valence-electron chi connectivity index (χ2n) is 7.06. The van der Waals surface area contributed by atoms with Gasteiger partial charge in [0.1, 0.15) is 0 Å². The van der Waals surface area contributed by atoms with Crippen LogP contribution in [0.3, 0.4) is 0 Å². The monoisotopic (exact) mass is 326 g/mol. The Morgan fingerprint density at radius 3 is 2.40 bits per heavy atom. The lowest BCUT2D eigenvalue weighted by Crippen LogP contribution is -2.22. The van der Waals surface area contributed by atoms with E-state index in [0.717, 1.165) is 5.69 Å². The second kappa shape index (κ2) is 5.89. The summed E-state index contributed by atoms with van der Waals surface area (Å²) in [7, 11) is 2.13. The van der Waals surface area contributed by atoms with Crippen LogP contribution in [0.1, 0.15) is 19.4 Å². The Morgan fingerprint density at radius 1 is 0.880 bits per heavy atom. The van der Waals surface area contributed by atoms with Crippen LogP contribution in [-0.2, 0) is 5.41 Å². The molecule has 25 heavy (non-hydrogen) atoms. The summed E-state index contributed by atoms with van der Waals surface area (Å²) in [6, 6.07) is 23.3. The van der Waals surface area contributed by atoms with Crippen molar-refractivity contribution >= 4 is 28.4 Å². The van der Waals surface area contributed by atoms with Crippen LogP contribution >= 0.6 is 0 Å². The van der Waals surface area contributed by atoms with Crippen molar-refractivity contribution in [2.24, 2.45) is 4.99 Å². The molecule has 0 spiro atoms. The van der Waals surface area contributed by atoms with Gasteiger partial charge in [-0.25, -0.2) is 0 Å². The fourth-order valence-corrected chi connectivity index (χ4v) is 3.75. The third-order valence-corrected chi connectivity index (χ3v) is 5.13. The molecule has 0 aromatic heterocycles. The standard InChI is InChI=1S/C23H22N2/c1-23(2)20-10-6-7-11-21(20)25(3)22(23)14-15-24-19-13-12-17-8-4-5-9-18(17)16-19/h4-16H,1-3H3. The highest BCUT2D eigenvalue weighted by atomic mass is 15.2. The van der Waals surface area contributed by atoms with Crippen LogP contribution in [-0.4, -0.2) is 13.3 Å². The number of aliphatic imine (C=N–C) groups is 1. The first-order chi connectivity index (χ1) is 12.1. The summed E-state index contributed by atoms with van der Waals surface area (Å²) < 4.78 is 0. The van der Waals surface area contributed by atoms with Crippen LogP contribution in [0.4, 0.5) is 11.4 Å². The Bertz CT molecular complexity index is 996. The number of fused-ring (bicyclic) bond motifs is 2. The van der Waals surface area contributed by atoms with E-state index >= 15 is 0 Å². The molecule has 3 aromatic carbocycles. The summed E-state index contributed by atoms with van der Waals surface area (Å²) in [5.41, 5.74) is 4.87. The molecule has 0 radical (unpaired) electrons. The largest absolute Gasteiger partial charge is 0.347 e. The number of hydrogen-bond donors (Lipinski definition) is 0. The lowest BCUT2D eigenvalue weighted by Gasteiger charge is -2.23. The Morgan fingerprint density at radius 2 is 1.60 bits per heavy atom. The number of rotatable bonds is 2. The van der Waals surface area contributed by atoms with Crippen molar-refractivity contribution in [3.05, 3.63) is 84.1 Å². The van der Waals surface area contributed by atoms with Gasteiger partial charge in [0.05, 0.1) is 5.69 Å². The Hall–Kier alpha value is -2.87. The molecule has 0 saturated carbocycles. The fraction of sp³-hybridized carbons (Fsp3) is 0.174. The van der Waals surface area contributed by atoms with E-state index in [1.807, 2.05) is 6.21 Å². The van der Waals surface area contributed by atoms with Crippen LogP contribution < -0.4 is 4.90 Å². The number of hydrogen-bond acceptors (Lipinski definition) is 2. The normalized spacial score (nSPS) is 17.6. The zero-order chi connectivity index (χ0) is 17.4. The minimum Gasteiger partial charge on any atom is -0.347 e. The van der Waals surface area contributed by atoms with Crippen molar-refractivity contribution in [3.8, 4) is 0 Å². The van der Waals surface area contributed by atoms with E-state index < -0.39 is 0 Å². The lowest BCUT2D eigenvalue weighted by molar-refractivity contribution is 0.641. The molecule has 1 aliphatic heterocycles. The summed E-state index contributed by atoms with van der Waals surface area (Å²) >= 11 is 0. The van der Waals surface area contributed by atoms with E-state index in [2.05, 4.69) is 104 Å². The molecule has 4 rings (SSSR count). The summed E-state index contributed by atoms with van der Waals surface area (Å²) in [5, 5.41) is 2.46. The average Bonchev–Trinajstić information content (AvgIpc) is 2.82. The zero-order valence-electron chi connectivity index (χ0n) is 14.9. The van der Waals surface area contributed by atoms with E-state index in [1.165, 1.54) is 27.7 Å². The van der Waals surface area contributed by atoms with Crippen molar-refractivity contribution in [3.63, 3.8) is 0 Å². The molecule has 2 nitrogen and oxygen atoms in total. The fourth-order valence-electron chi connectivity index (χ4n) is 3.75. The van der Waals surface area contributed by atoms with Gasteiger partial charge in [0.15, 0.2) is 0 Å². The van der Waals surface area contributed by atoms with Gasteiger partial charge in [-0.1, -0.05) is 62.4 Å². The second-order valence-corrected chi connectivity index (χ2v) is 7.06. The number of anilines is 1. The van der Waals surface area contributed by atoms with Gasteiger partial charge in [0.2, 0.25) is 0 Å². The highest BCUT2D eigenvalue weighted by molar-refractivity contribution is 5.87. The molecule has 0 atom stereocenters. The quantitative estimate of drug-likeness (QED) is 0.539. The van der Waals surface area contributed by atoms with Gasteiger partial charge >= 0.3 is 0 Å². The SMILES string of the molecule is CN1C(=CC=Nc2ccc3ccccc3c2)C(C)(C)c2ccccc21. The molecule has 0 aliphatic carbocycles. The predicted octanol–water partition coefficient (Wildman–Crippen LogP) is 5.85. The van der Waals surface area contributed by atoms with Gasteiger partial charge < -0.3 is 4.90 Å². The third kappa shape index (κ3) is 2.64. The summed E-state index contributed by atoms with van der Waals surface area (Å²) in [5.74, 6) is 0. The predicted molar refractivity (Wildman–Crippen MR) is 108 cm³/mol. The van der Waals surface area contributed by atoms with E-state index in [0.29, 0.717) is 0 Å². The highest BCUT2D eigenvalue weighted by Crippen LogP contribution is 2.46. The topological polar surface area (TPSA) is 15.6 Å². The zero-order valence-corrected chi connectivity index (χ0v) is 14.9. The lowest BCUT2D eigenvalue weighted by atomic mass is 9.84. The van der Waals surface area contributed by atoms with E-state index in [9.17, 15) is 0 Å². The van der Waals surface area contributed by atoms with E-state index in [-0.39, 0.29) is 5.41 Å². The molecule has 0 N–H and O–H groups in total. The Labute approximate surface area is 149 Å². The molecule has 0 bridgehead atoms. The van der Waals surface area contributed by atoms with Gasteiger partial charge in [-0.15, -0.1) is 0 Å². The molecule has 0 saturated heterocycles. The van der Waals surface area contributed by atoms with E-state index in [4.69, 9.17) is 0 Å². The molecule has 0 amide bonds. The van der Waals surface area contributed by atoms with Crippen LogP contribution in [0.5, 0.6) is 0 Å². The van der Waals surface area contributed by atoms with Gasteiger partial charge in [0, 0.05) is 30.1 Å². The number of likely N-dealkylation sites (N-methyl/N-ethyl adjacent to an activating group) is 1. The third-order valence-electron chi connectivity index (χ3n) is 5.13. The minimum atomic E-state index is -0.0131. The van der Waals surface area contributed by atoms with Crippen molar-refractivity contribution in [2.45, 2.75) is 19.3 Å². The number of nitrogens with zero attached hydrogens (tertiary/aromatic N) is 2. The van der Waals surface area contributed by atoms with Gasteiger partial charge in [0.25, 0.3) is 0 Å². The summed E-state index contributed by atoms with van der Waals surface area (Å²) in [6.45, 7) is 4.54. The van der Waals surface area contributed by atoms with Crippen molar-refractivity contribution in [1.82, 2.24) is 0 Å². The molecule has 124 valence electrons. The summed E-state index contributed by atoms with van der Waals surface area (Å²) in [4.78, 5) is 6.92. The van der Waals surface area contributed by atoms with Gasteiger partial charge in [-0.3, -0.25) is 4.99 Å². The van der Waals surface area contributed by atoms with Crippen molar-refractivity contribution in [1.29, 1.82) is 0 Å². The molecule has 2 heteroatoms. The van der Waals surface area contributed by atoms with E-state index in [1.54, 1.807) is 0 Å². The summed E-state index contributed by atoms with van der Waals surface area (Å²) in [6.07, 6.45) is 4.05. The number of allylic oxidation sites excluding steroid dienone is 2. The molecule has 3 aromatic rings. The Kier molecular flexibility index (Phi) is 3.69. The maximum absolute atomic E-state index is 4.65. The van der Waals surface area contributed by atoms with Crippen LogP contribution in [0.15, 0.2) is 83.5 Å². The first-order valence-corrected chi connectivity index (χ1v) is 8.64. The van der Waals surface area contributed by atoms with Crippen LogP contribution in [0, 0.1) is 0 Å². The average molecular weight is 326 g/mol. The van der Waals surface area contributed by atoms with Gasteiger partial charge in [-0.05, 0) is 40.6 Å². The minimum absolute atomic E-state index is 0.0131. The molecule has 1 heterocycles. The van der Waals surface area contributed by atoms with Gasteiger partial charge in [-0.2, -0.15) is 0 Å². The first-order valence-electron chi connectivity index (χ1n) is 8.64. The maximum Gasteiger partial charge on any atom is 0.0636 e. The van der Waals surface area contributed by atoms with Crippen LogP contribution in [0.25, 0.3) is 10.8 Å². The molecule has 1 aliphatic rings. The molecule has 0 unspecified atom stereocenters. The molecule has 0 fully saturated rings. The number of para-hydroxylation sites is 1. The molecular formula is C23H22N2. The maximum atomic E-state index is 4.65. The first kappa shape index (κ1) is 15.6. The highest BCUT2D eigenvalue weighted by Gasteiger charge is 2.37. The Balaban J connectivity index is 1.66. The van der Waals surface area contributed by atoms with Crippen molar-refractivity contribution in [2.75, 3.05) is 11.9 Å². The number of benzene rings is 3. The molecular weight excluding hydrogens is 304 g/mol.